The van der Waals surface area contributed by atoms with E-state index >= 15 is 0 Å². The molecular weight excluding hydrogens is 384 g/mol. The summed E-state index contributed by atoms with van der Waals surface area (Å²) < 4.78 is 24.1. The van der Waals surface area contributed by atoms with E-state index in [1.54, 1.807) is 18.2 Å². The van der Waals surface area contributed by atoms with Gasteiger partial charge in [-0.2, -0.15) is 0 Å². The van der Waals surface area contributed by atoms with Crippen LogP contribution in [0.4, 0.5) is 5.82 Å². The highest BCUT2D eigenvalue weighted by Gasteiger charge is 2.15. The predicted molar refractivity (Wildman–Crippen MR) is 116 cm³/mol. The smallest absolute Gasteiger partial charge is 0.175 e. The van der Waals surface area contributed by atoms with Gasteiger partial charge in [-0.3, -0.25) is 0 Å². The minimum atomic E-state index is -3.34. The number of dihydropyridines is 1. The fourth-order valence-electron chi connectivity index (χ4n) is 3.18. The molecule has 0 fully saturated rings. The maximum atomic E-state index is 12.0. The Bertz CT molecular complexity index is 1260. The average Bonchev–Trinajstić information content (AvgIpc) is 2.70. The van der Waals surface area contributed by atoms with Crippen molar-refractivity contribution in [1.29, 1.82) is 0 Å². The Morgan fingerprint density at radius 1 is 1.03 bits per heavy atom. The van der Waals surface area contributed by atoms with Gasteiger partial charge in [0.05, 0.1) is 10.4 Å². The fourth-order valence-corrected chi connectivity index (χ4v) is 3.82. The minimum Gasteiger partial charge on any atom is -0.385 e. The molecule has 1 aliphatic rings. The van der Waals surface area contributed by atoms with E-state index in [9.17, 15) is 8.42 Å². The molecule has 0 atom stereocenters. The summed E-state index contributed by atoms with van der Waals surface area (Å²) in [6.45, 7) is 4.83. The third-order valence-electron chi connectivity index (χ3n) is 4.83. The number of fused-ring (bicyclic) bond motifs is 1. The molecule has 0 saturated heterocycles. The number of hydrogen-bond acceptors (Lipinski definition) is 6. The van der Waals surface area contributed by atoms with E-state index in [-0.39, 0.29) is 4.90 Å². The second-order valence-corrected chi connectivity index (χ2v) is 9.23. The monoisotopic (exact) mass is 406 g/mol. The van der Waals surface area contributed by atoms with E-state index in [1.165, 1.54) is 6.26 Å². The van der Waals surface area contributed by atoms with Gasteiger partial charge in [0.1, 0.15) is 5.82 Å². The van der Waals surface area contributed by atoms with E-state index in [0.29, 0.717) is 17.2 Å². The van der Waals surface area contributed by atoms with Gasteiger partial charge in [0.15, 0.2) is 15.7 Å². The van der Waals surface area contributed by atoms with Gasteiger partial charge < -0.3 is 10.6 Å². The van der Waals surface area contributed by atoms with Crippen LogP contribution < -0.4 is 10.6 Å². The maximum Gasteiger partial charge on any atom is 0.175 e. The molecule has 3 aromatic rings. The Labute approximate surface area is 170 Å². The first-order valence-electron chi connectivity index (χ1n) is 9.27. The van der Waals surface area contributed by atoms with Crippen molar-refractivity contribution in [3.63, 3.8) is 0 Å². The number of nitrogens with zero attached hydrogens (tertiary/aromatic N) is 2. The molecule has 2 heterocycles. The highest BCUT2D eigenvalue weighted by molar-refractivity contribution is 7.90. The van der Waals surface area contributed by atoms with Crippen LogP contribution >= 0.6 is 0 Å². The lowest BCUT2D eigenvalue weighted by Gasteiger charge is -2.20. The molecule has 0 spiro atoms. The van der Waals surface area contributed by atoms with Gasteiger partial charge in [0, 0.05) is 35.1 Å². The van der Waals surface area contributed by atoms with Gasteiger partial charge in [-0.05, 0) is 43.7 Å². The number of sulfone groups is 1. The maximum absolute atomic E-state index is 12.0. The number of nitrogens with one attached hydrogen (secondary N) is 2. The summed E-state index contributed by atoms with van der Waals surface area (Å²) >= 11 is 0. The molecule has 6 nitrogen and oxygen atoms in total. The molecule has 29 heavy (non-hydrogen) atoms. The standard InChI is InChI=1S/C22H22N4O2S/c1-14-13-23-15(2)11-19(14)24-22-18-10-9-17(29(3,27)28)12-20(18)25-21(26-22)16-7-5-4-6-8-16/h4-12,23H,13H2,1-3H3,(H,24,25,26). The second kappa shape index (κ2) is 7.33. The Morgan fingerprint density at radius 3 is 2.52 bits per heavy atom. The number of rotatable bonds is 4. The van der Waals surface area contributed by atoms with Gasteiger partial charge in [-0.1, -0.05) is 30.3 Å². The Balaban J connectivity index is 1.92. The SMILES string of the molecule is CC1=CC(Nc2nc(-c3ccccc3)nc3cc(S(C)(=O)=O)ccc23)=C(C)CN1. The van der Waals surface area contributed by atoms with E-state index in [2.05, 4.69) is 22.5 Å². The van der Waals surface area contributed by atoms with E-state index in [4.69, 9.17) is 4.98 Å². The second-order valence-electron chi connectivity index (χ2n) is 7.21. The summed E-state index contributed by atoms with van der Waals surface area (Å²) in [5.74, 6) is 1.19. The van der Waals surface area contributed by atoms with Crippen molar-refractivity contribution in [2.24, 2.45) is 0 Å². The number of anilines is 1. The number of hydrogen-bond donors (Lipinski definition) is 2. The third kappa shape index (κ3) is 4.00. The molecule has 0 aliphatic carbocycles. The first kappa shape index (κ1) is 19.1. The molecule has 1 aliphatic heterocycles. The van der Waals surface area contributed by atoms with Gasteiger partial charge in [0.2, 0.25) is 0 Å². The van der Waals surface area contributed by atoms with E-state index < -0.39 is 9.84 Å². The zero-order chi connectivity index (χ0) is 20.6. The fraction of sp³-hybridized carbons (Fsp3) is 0.182. The number of allylic oxidation sites excluding steroid dienone is 2. The summed E-state index contributed by atoms with van der Waals surface area (Å²) in [4.78, 5) is 9.65. The molecule has 4 rings (SSSR count). The first-order chi connectivity index (χ1) is 13.8. The summed E-state index contributed by atoms with van der Waals surface area (Å²) in [7, 11) is -3.34. The zero-order valence-electron chi connectivity index (χ0n) is 16.5. The van der Waals surface area contributed by atoms with Gasteiger partial charge >= 0.3 is 0 Å². The molecular formula is C22H22N4O2S. The third-order valence-corrected chi connectivity index (χ3v) is 5.94. The van der Waals surface area contributed by atoms with Gasteiger partial charge in [0.25, 0.3) is 0 Å². The molecule has 7 heteroatoms. The summed E-state index contributed by atoms with van der Waals surface area (Å²) in [6, 6.07) is 14.6. The molecule has 0 unspecified atom stereocenters. The van der Waals surface area contributed by atoms with Crippen molar-refractivity contribution in [3.8, 4) is 11.4 Å². The predicted octanol–water partition coefficient (Wildman–Crippen LogP) is 3.89. The van der Waals surface area contributed by atoms with Crippen LogP contribution in [-0.4, -0.2) is 31.2 Å². The van der Waals surface area contributed by atoms with Crippen molar-refractivity contribution in [1.82, 2.24) is 15.3 Å². The van der Waals surface area contributed by atoms with Crippen LogP contribution in [0.25, 0.3) is 22.3 Å². The molecule has 148 valence electrons. The first-order valence-corrected chi connectivity index (χ1v) is 11.2. The highest BCUT2D eigenvalue weighted by atomic mass is 32.2. The Kier molecular flexibility index (Phi) is 4.84. The van der Waals surface area contributed by atoms with Crippen LogP contribution in [0.5, 0.6) is 0 Å². The van der Waals surface area contributed by atoms with E-state index in [1.807, 2.05) is 43.3 Å². The number of aromatic nitrogens is 2. The molecule has 0 radical (unpaired) electrons. The largest absolute Gasteiger partial charge is 0.385 e. The summed E-state index contributed by atoms with van der Waals surface area (Å²) in [5, 5.41) is 7.51. The van der Waals surface area contributed by atoms with Crippen molar-refractivity contribution in [2.45, 2.75) is 18.7 Å². The van der Waals surface area contributed by atoms with Crippen molar-refractivity contribution < 1.29 is 8.42 Å². The summed E-state index contributed by atoms with van der Waals surface area (Å²) in [5.41, 5.74) is 4.66. The molecule has 2 aromatic carbocycles. The lowest BCUT2D eigenvalue weighted by atomic mass is 10.1. The Hall–Kier alpha value is -3.19. The van der Waals surface area contributed by atoms with Gasteiger partial charge in [-0.15, -0.1) is 0 Å². The van der Waals surface area contributed by atoms with Crippen LogP contribution in [-0.2, 0) is 9.84 Å². The normalized spacial score (nSPS) is 14.5. The van der Waals surface area contributed by atoms with Crippen molar-refractivity contribution in [3.05, 3.63) is 71.6 Å². The van der Waals surface area contributed by atoms with Crippen LogP contribution in [0.15, 0.2) is 76.5 Å². The number of benzene rings is 2. The lowest BCUT2D eigenvalue weighted by Crippen LogP contribution is -2.21. The molecule has 0 saturated carbocycles. The van der Waals surface area contributed by atoms with Crippen molar-refractivity contribution in [2.75, 3.05) is 18.1 Å². The summed E-state index contributed by atoms with van der Waals surface area (Å²) in [6.07, 6.45) is 3.24. The topological polar surface area (TPSA) is 84.0 Å². The molecule has 1 aromatic heterocycles. The molecule has 0 bridgehead atoms. The Morgan fingerprint density at radius 2 is 1.79 bits per heavy atom. The van der Waals surface area contributed by atoms with Crippen LogP contribution in [0.1, 0.15) is 13.8 Å². The quantitative estimate of drug-likeness (QED) is 0.684. The van der Waals surface area contributed by atoms with Gasteiger partial charge in [-0.25, -0.2) is 18.4 Å². The lowest BCUT2D eigenvalue weighted by molar-refractivity contribution is 0.602. The van der Waals surface area contributed by atoms with E-state index in [0.717, 1.165) is 34.5 Å². The van der Waals surface area contributed by atoms with Crippen LogP contribution in [0.2, 0.25) is 0 Å². The molecule has 2 N–H and O–H groups in total. The minimum absolute atomic E-state index is 0.238. The van der Waals surface area contributed by atoms with Crippen LogP contribution in [0, 0.1) is 0 Å². The zero-order valence-corrected chi connectivity index (χ0v) is 17.3. The average molecular weight is 407 g/mol. The van der Waals surface area contributed by atoms with Crippen molar-refractivity contribution >= 4 is 26.6 Å². The van der Waals surface area contributed by atoms with Crippen LogP contribution in [0.3, 0.4) is 0 Å². The highest BCUT2D eigenvalue weighted by Crippen LogP contribution is 2.29. The molecule has 0 amide bonds.